The van der Waals surface area contributed by atoms with Crippen LogP contribution in [0.25, 0.3) is 0 Å². The number of likely N-dealkylation sites (tertiary alicyclic amines) is 1. The highest BCUT2D eigenvalue weighted by Gasteiger charge is 2.36. The Morgan fingerprint density at radius 3 is 2.20 bits per heavy atom. The SMILES string of the molecule is COc1cc(OC)c(C2CCN(C)[C@@H]2CO)c(OC)c1. The molecule has 1 aliphatic rings. The molecule has 0 saturated carbocycles. The number of aliphatic hydroxyl groups excluding tert-OH is 1. The largest absolute Gasteiger partial charge is 0.496 e. The van der Waals surface area contributed by atoms with Gasteiger partial charge < -0.3 is 24.2 Å². The number of methoxy groups -OCH3 is 3. The number of ether oxygens (including phenoxy) is 3. The van der Waals surface area contributed by atoms with E-state index in [1.165, 1.54) is 0 Å². The van der Waals surface area contributed by atoms with E-state index in [1.54, 1.807) is 21.3 Å². The first kappa shape index (κ1) is 14.9. The lowest BCUT2D eigenvalue weighted by Crippen LogP contribution is -2.32. The van der Waals surface area contributed by atoms with Crippen LogP contribution in [0.15, 0.2) is 12.1 Å². The number of hydrogen-bond acceptors (Lipinski definition) is 5. The number of aliphatic hydroxyl groups is 1. The normalized spacial score (nSPS) is 22.9. The van der Waals surface area contributed by atoms with Crippen molar-refractivity contribution < 1.29 is 19.3 Å². The maximum atomic E-state index is 9.65. The molecule has 20 heavy (non-hydrogen) atoms. The van der Waals surface area contributed by atoms with Crippen molar-refractivity contribution in [2.45, 2.75) is 18.4 Å². The van der Waals surface area contributed by atoms with Crippen molar-refractivity contribution in [1.82, 2.24) is 4.90 Å². The standard InChI is InChI=1S/C15H23NO4/c1-16-6-5-11(12(16)9-17)15-13(19-3)7-10(18-2)8-14(15)20-4/h7-8,11-12,17H,5-6,9H2,1-4H3/t11?,12-/m1/s1. The molecule has 0 radical (unpaired) electrons. The van der Waals surface area contributed by atoms with E-state index in [1.807, 2.05) is 19.2 Å². The molecule has 0 amide bonds. The number of nitrogens with zero attached hydrogens (tertiary/aromatic N) is 1. The minimum absolute atomic E-state index is 0.0891. The van der Waals surface area contributed by atoms with Gasteiger partial charge in [-0.05, 0) is 20.0 Å². The molecule has 0 bridgehead atoms. The Hall–Kier alpha value is -1.46. The molecule has 5 heteroatoms. The molecule has 0 spiro atoms. The van der Waals surface area contributed by atoms with Gasteiger partial charge in [0.2, 0.25) is 0 Å². The molecular formula is C15H23NO4. The van der Waals surface area contributed by atoms with Gasteiger partial charge in [0, 0.05) is 29.7 Å². The molecule has 0 aromatic heterocycles. The lowest BCUT2D eigenvalue weighted by Gasteiger charge is -2.26. The van der Waals surface area contributed by atoms with E-state index in [-0.39, 0.29) is 18.6 Å². The van der Waals surface area contributed by atoms with Gasteiger partial charge in [0.15, 0.2) is 0 Å². The summed E-state index contributed by atoms with van der Waals surface area (Å²) in [5.74, 6) is 2.40. The second kappa shape index (κ2) is 6.33. The zero-order valence-corrected chi connectivity index (χ0v) is 12.5. The molecule has 2 rings (SSSR count). The van der Waals surface area contributed by atoms with E-state index in [2.05, 4.69) is 4.90 Å². The van der Waals surface area contributed by atoms with Gasteiger partial charge in [-0.1, -0.05) is 0 Å². The van der Waals surface area contributed by atoms with Crippen LogP contribution in [0.3, 0.4) is 0 Å². The van der Waals surface area contributed by atoms with Crippen molar-refractivity contribution in [3.8, 4) is 17.2 Å². The van der Waals surface area contributed by atoms with Crippen molar-refractivity contribution in [3.05, 3.63) is 17.7 Å². The van der Waals surface area contributed by atoms with Gasteiger partial charge in [-0.15, -0.1) is 0 Å². The Balaban J connectivity index is 2.49. The molecule has 1 unspecified atom stereocenters. The van der Waals surface area contributed by atoms with Gasteiger partial charge in [0.1, 0.15) is 17.2 Å². The highest BCUT2D eigenvalue weighted by atomic mass is 16.5. The molecule has 112 valence electrons. The maximum Gasteiger partial charge on any atom is 0.129 e. The summed E-state index contributed by atoms with van der Waals surface area (Å²) in [4.78, 5) is 2.17. The van der Waals surface area contributed by atoms with Crippen LogP contribution >= 0.6 is 0 Å². The summed E-state index contributed by atoms with van der Waals surface area (Å²) in [6, 6.07) is 3.82. The highest BCUT2D eigenvalue weighted by molar-refractivity contribution is 5.53. The van der Waals surface area contributed by atoms with E-state index in [9.17, 15) is 5.11 Å². The molecule has 0 aliphatic carbocycles. The highest BCUT2D eigenvalue weighted by Crippen LogP contribution is 2.44. The quantitative estimate of drug-likeness (QED) is 0.886. The maximum absolute atomic E-state index is 9.65. The van der Waals surface area contributed by atoms with Crippen LogP contribution in [0.1, 0.15) is 17.9 Å². The van der Waals surface area contributed by atoms with Gasteiger partial charge >= 0.3 is 0 Å². The van der Waals surface area contributed by atoms with E-state index < -0.39 is 0 Å². The third-order valence-electron chi connectivity index (χ3n) is 4.13. The Morgan fingerprint density at radius 1 is 1.15 bits per heavy atom. The Kier molecular flexibility index (Phi) is 4.73. The van der Waals surface area contributed by atoms with E-state index in [0.29, 0.717) is 5.75 Å². The molecule has 1 heterocycles. The first-order valence-corrected chi connectivity index (χ1v) is 6.77. The molecule has 1 aliphatic heterocycles. The number of hydrogen-bond donors (Lipinski definition) is 1. The Bertz CT molecular complexity index is 438. The van der Waals surface area contributed by atoms with Crippen LogP contribution in [0.5, 0.6) is 17.2 Å². The van der Waals surface area contributed by atoms with Gasteiger partial charge in [-0.2, -0.15) is 0 Å². The molecule has 1 aromatic carbocycles. The number of rotatable bonds is 5. The first-order valence-electron chi connectivity index (χ1n) is 6.77. The minimum atomic E-state index is 0.0891. The van der Waals surface area contributed by atoms with Crippen LogP contribution in [0, 0.1) is 0 Å². The summed E-state index contributed by atoms with van der Waals surface area (Å²) < 4.78 is 16.3. The summed E-state index contributed by atoms with van der Waals surface area (Å²) in [5.41, 5.74) is 1.01. The summed E-state index contributed by atoms with van der Waals surface area (Å²) in [5, 5.41) is 9.65. The van der Waals surface area contributed by atoms with E-state index >= 15 is 0 Å². The van der Waals surface area contributed by atoms with Gasteiger partial charge in [-0.25, -0.2) is 0 Å². The molecule has 5 nitrogen and oxygen atoms in total. The van der Waals surface area contributed by atoms with E-state index in [0.717, 1.165) is 30.0 Å². The number of likely N-dealkylation sites (N-methyl/N-ethyl adjacent to an activating group) is 1. The fourth-order valence-electron chi connectivity index (χ4n) is 3.01. The minimum Gasteiger partial charge on any atom is -0.496 e. The molecule has 1 fully saturated rings. The van der Waals surface area contributed by atoms with Gasteiger partial charge in [0.05, 0.1) is 27.9 Å². The molecule has 1 aromatic rings. The first-order chi connectivity index (χ1) is 9.65. The lowest BCUT2D eigenvalue weighted by molar-refractivity contribution is 0.171. The topological polar surface area (TPSA) is 51.2 Å². The monoisotopic (exact) mass is 281 g/mol. The van der Waals surface area contributed by atoms with Crippen LogP contribution < -0.4 is 14.2 Å². The van der Waals surface area contributed by atoms with Crippen LogP contribution in [-0.4, -0.2) is 57.6 Å². The van der Waals surface area contributed by atoms with Crippen LogP contribution in [-0.2, 0) is 0 Å². The molecule has 1 N–H and O–H groups in total. The zero-order valence-electron chi connectivity index (χ0n) is 12.5. The van der Waals surface area contributed by atoms with Gasteiger partial charge in [0.25, 0.3) is 0 Å². The Labute approximate surface area is 120 Å². The van der Waals surface area contributed by atoms with Crippen molar-refractivity contribution in [2.75, 3.05) is 41.5 Å². The lowest BCUT2D eigenvalue weighted by atomic mass is 9.90. The summed E-state index contributed by atoms with van der Waals surface area (Å²) >= 11 is 0. The molecular weight excluding hydrogens is 258 g/mol. The molecule has 1 saturated heterocycles. The van der Waals surface area contributed by atoms with Crippen LogP contribution in [0.4, 0.5) is 0 Å². The van der Waals surface area contributed by atoms with Gasteiger partial charge in [-0.3, -0.25) is 0 Å². The third kappa shape index (κ3) is 2.55. The second-order valence-corrected chi connectivity index (χ2v) is 5.07. The van der Waals surface area contributed by atoms with Crippen molar-refractivity contribution in [2.24, 2.45) is 0 Å². The van der Waals surface area contributed by atoms with E-state index in [4.69, 9.17) is 14.2 Å². The van der Waals surface area contributed by atoms with Crippen LogP contribution in [0.2, 0.25) is 0 Å². The Morgan fingerprint density at radius 2 is 1.75 bits per heavy atom. The van der Waals surface area contributed by atoms with Crippen molar-refractivity contribution >= 4 is 0 Å². The predicted octanol–water partition coefficient (Wildman–Crippen LogP) is 1.49. The summed E-state index contributed by atoms with van der Waals surface area (Å²) in [6.07, 6.45) is 0.973. The zero-order chi connectivity index (χ0) is 14.7. The smallest absolute Gasteiger partial charge is 0.129 e. The fourth-order valence-corrected chi connectivity index (χ4v) is 3.01. The average Bonchev–Trinajstić information content (AvgIpc) is 2.85. The second-order valence-electron chi connectivity index (χ2n) is 5.07. The summed E-state index contributed by atoms with van der Waals surface area (Å²) in [6.45, 7) is 1.08. The van der Waals surface area contributed by atoms with Crippen molar-refractivity contribution in [3.63, 3.8) is 0 Å². The third-order valence-corrected chi connectivity index (χ3v) is 4.13. The average molecular weight is 281 g/mol. The predicted molar refractivity (Wildman–Crippen MR) is 77.0 cm³/mol. The summed E-state index contributed by atoms with van der Waals surface area (Å²) in [7, 11) is 6.94. The molecule has 2 atom stereocenters. The van der Waals surface area contributed by atoms with Crippen molar-refractivity contribution in [1.29, 1.82) is 0 Å². The fraction of sp³-hybridized carbons (Fsp3) is 0.600. The number of benzene rings is 1.